The van der Waals surface area contributed by atoms with Crippen molar-refractivity contribution in [2.24, 2.45) is 17.8 Å². The smallest absolute Gasteiger partial charge is 0.410 e. The van der Waals surface area contributed by atoms with E-state index in [0.29, 0.717) is 31.9 Å². The van der Waals surface area contributed by atoms with Crippen molar-refractivity contribution < 1.29 is 68.9 Å². The first-order valence-electron chi connectivity index (χ1n) is 29.7. The van der Waals surface area contributed by atoms with Gasteiger partial charge in [-0.3, -0.25) is 9.59 Å². The van der Waals surface area contributed by atoms with Crippen LogP contribution in [0.1, 0.15) is 96.8 Å². The highest BCUT2D eigenvalue weighted by Gasteiger charge is 2.73. The Kier molecular flexibility index (Phi) is 20.5. The Morgan fingerprint density at radius 2 is 0.775 bits per heavy atom. The molecule has 3 aliphatic carbocycles. The molecule has 3 unspecified atom stereocenters. The van der Waals surface area contributed by atoms with Crippen LogP contribution in [-0.4, -0.2) is 195 Å². The van der Waals surface area contributed by atoms with E-state index in [9.17, 15) is 59.4 Å². The van der Waals surface area contributed by atoms with Crippen LogP contribution in [-0.2, 0) is 54.5 Å². The minimum atomic E-state index is -4.06. The van der Waals surface area contributed by atoms with E-state index in [2.05, 4.69) is 24.8 Å². The Bertz CT molecular complexity index is 3510. The van der Waals surface area contributed by atoms with Crippen LogP contribution in [0.5, 0.6) is 0 Å². The average Bonchev–Trinajstić information content (AvgIpc) is 1.56. The van der Waals surface area contributed by atoms with Crippen molar-refractivity contribution in [1.29, 1.82) is 0 Å². The standard InChI is InChI=1S/C24H37N3O6S.C22H26N4O5S.C15H21N3O4S/c1-17-19(18-11-9-8-10-12-18)24(17,20(28)32-22(2,3)4)25-34(30,31)27-15-13-26(14-16-27)21(29)33-23(5,6)7;1-16-19(17-8-4-2-5-9-17)22(16,20(27)28)24-32(30,31)26-14-12-25(13-15-26)21(29)23-18-10-6-3-7-11-18;1-11-13(12-5-3-2-4-6-12)15(11,14(19)20)17-23(21,22)18-9-7-16-8-10-18/h8-12,17,19,25H,13-16H2,1-7H3;2-11,16,19,24H,12-15H2,1H3,(H,23,29)(H,27,28);2-6,11,13,16-17H,7-10H2,1H3,(H,19,20)/t17-,19?,24-;16-,19?,22-;11-,13?,15-/m000/s1. The van der Waals surface area contributed by atoms with E-state index in [-0.39, 0.29) is 82.1 Å². The molecule has 9 atom stereocenters. The van der Waals surface area contributed by atoms with E-state index in [0.717, 1.165) is 16.7 Å². The minimum absolute atomic E-state index is 0.0810. The molecule has 0 radical (unpaired) electrons. The van der Waals surface area contributed by atoms with Crippen molar-refractivity contribution in [3.63, 3.8) is 0 Å². The van der Waals surface area contributed by atoms with Gasteiger partial charge in [0.1, 0.15) is 27.8 Å². The highest BCUT2D eigenvalue weighted by molar-refractivity contribution is 7.87. The number of piperazine rings is 3. The van der Waals surface area contributed by atoms with Crippen molar-refractivity contribution >= 4 is 66.3 Å². The van der Waals surface area contributed by atoms with E-state index < -0.39 is 94.3 Å². The summed E-state index contributed by atoms with van der Waals surface area (Å²) in [6.45, 7) is 19.0. The third-order valence-corrected chi connectivity index (χ3v) is 22.1. The molecule has 3 aliphatic heterocycles. The number of hydrogen-bond donors (Lipinski definition) is 7. The van der Waals surface area contributed by atoms with Gasteiger partial charge in [-0.05, 0) is 88.1 Å². The number of rotatable bonds is 16. The number of hydrogen-bond acceptors (Lipinski definition) is 14. The maximum Gasteiger partial charge on any atom is 0.410 e. The van der Waals surface area contributed by atoms with Crippen molar-refractivity contribution in [2.75, 3.05) is 83.9 Å². The lowest BCUT2D eigenvalue weighted by Crippen LogP contribution is -2.58. The third kappa shape index (κ3) is 15.3. The summed E-state index contributed by atoms with van der Waals surface area (Å²) in [5.74, 6) is -5.05. The number of carboxylic acid groups (broad SMARTS) is 2. The molecule has 6 fully saturated rings. The van der Waals surface area contributed by atoms with Crippen LogP contribution < -0.4 is 24.8 Å². The van der Waals surface area contributed by atoms with E-state index in [4.69, 9.17) is 9.47 Å². The van der Waals surface area contributed by atoms with Crippen molar-refractivity contribution in [2.45, 2.75) is 108 Å². The molecule has 486 valence electrons. The van der Waals surface area contributed by atoms with Gasteiger partial charge in [-0.15, -0.1) is 0 Å². The fourth-order valence-electron chi connectivity index (χ4n) is 12.3. The normalized spacial score (nSPS) is 27.5. The van der Waals surface area contributed by atoms with Crippen LogP contribution in [0.25, 0.3) is 0 Å². The number of urea groups is 1. The number of amides is 3. The molecule has 89 heavy (non-hydrogen) atoms. The van der Waals surface area contributed by atoms with E-state index in [1.54, 1.807) is 84.6 Å². The number of aliphatic carboxylic acids is 2. The highest BCUT2D eigenvalue weighted by Crippen LogP contribution is 2.60. The summed E-state index contributed by atoms with van der Waals surface area (Å²) in [5.41, 5.74) is -2.68. The molecular weight excluding hydrogens is 1210 g/mol. The number of nitrogens with zero attached hydrogens (tertiary/aromatic N) is 5. The lowest BCUT2D eigenvalue weighted by atomic mass is 10.1. The lowest BCUT2D eigenvalue weighted by Gasteiger charge is -2.36. The summed E-state index contributed by atoms with van der Waals surface area (Å²) in [6.07, 6.45) is -0.470. The van der Waals surface area contributed by atoms with Gasteiger partial charge in [-0.2, -0.15) is 52.3 Å². The van der Waals surface area contributed by atoms with Gasteiger partial charge in [0.2, 0.25) is 0 Å². The predicted octanol–water partition coefficient (Wildman–Crippen LogP) is 4.80. The molecule has 0 spiro atoms. The zero-order valence-electron chi connectivity index (χ0n) is 51.7. The molecule has 3 saturated carbocycles. The molecule has 25 nitrogen and oxygen atoms in total. The fourth-order valence-corrected chi connectivity index (χ4v) is 17.1. The Labute approximate surface area is 522 Å². The number of esters is 1. The monoisotopic (exact) mass is 1290 g/mol. The first-order valence-corrected chi connectivity index (χ1v) is 34.1. The molecule has 7 N–H and O–H groups in total. The summed E-state index contributed by atoms with van der Waals surface area (Å²) < 4.78 is 101. The van der Waals surface area contributed by atoms with Crippen LogP contribution in [0.15, 0.2) is 121 Å². The molecule has 0 bridgehead atoms. The molecule has 28 heteroatoms. The number of carbonyl (C=O) groups excluding carboxylic acids is 3. The second kappa shape index (κ2) is 26.7. The number of benzene rings is 4. The summed E-state index contributed by atoms with van der Waals surface area (Å²) in [4.78, 5) is 65.2. The lowest BCUT2D eigenvalue weighted by molar-refractivity contribution is -0.159. The first-order chi connectivity index (χ1) is 41.7. The number of nitrogens with one attached hydrogen (secondary N) is 5. The van der Waals surface area contributed by atoms with Crippen LogP contribution in [0.2, 0.25) is 0 Å². The molecule has 6 aliphatic rings. The number of carboxylic acids is 2. The van der Waals surface area contributed by atoms with Gasteiger partial charge in [0.15, 0.2) is 0 Å². The third-order valence-electron chi connectivity index (χ3n) is 17.2. The van der Waals surface area contributed by atoms with Crippen molar-refractivity contribution in [3.8, 4) is 0 Å². The largest absolute Gasteiger partial charge is 0.480 e. The second-order valence-corrected chi connectivity index (χ2v) is 30.3. The number of anilines is 1. The summed E-state index contributed by atoms with van der Waals surface area (Å²) in [6, 6.07) is 36.3. The molecule has 3 saturated heterocycles. The van der Waals surface area contributed by atoms with Gasteiger partial charge in [-0.25, -0.2) is 14.4 Å². The van der Waals surface area contributed by atoms with E-state index >= 15 is 0 Å². The molecule has 0 aromatic heterocycles. The maximum atomic E-state index is 13.4. The van der Waals surface area contributed by atoms with Gasteiger partial charge >= 0.3 is 30.0 Å². The van der Waals surface area contributed by atoms with Crippen LogP contribution in [0, 0.1) is 17.8 Å². The average molecular weight is 1290 g/mol. The summed E-state index contributed by atoms with van der Waals surface area (Å²) in [5, 5.41) is 25.5. The Hall–Kier alpha value is -6.60. The minimum Gasteiger partial charge on any atom is -0.480 e. The van der Waals surface area contributed by atoms with Gasteiger partial charge in [0.05, 0.1) is 0 Å². The Morgan fingerprint density at radius 1 is 0.461 bits per heavy atom. The number of para-hydroxylation sites is 1. The van der Waals surface area contributed by atoms with E-state index in [1.807, 2.05) is 104 Å². The first kappa shape index (κ1) is 68.3. The Morgan fingerprint density at radius 3 is 1.13 bits per heavy atom. The quantitative estimate of drug-likeness (QED) is 0.0741. The molecule has 3 amide bonds. The van der Waals surface area contributed by atoms with E-state index in [1.165, 1.54) is 17.8 Å². The van der Waals surface area contributed by atoms with Crippen molar-refractivity contribution in [3.05, 3.63) is 138 Å². The Balaban J connectivity index is 0.000000176. The zero-order chi connectivity index (χ0) is 65.1. The summed E-state index contributed by atoms with van der Waals surface area (Å²) >= 11 is 0. The SMILES string of the molecule is C[C@H]1C(c2ccccc2)[C@]1(NS(=O)(=O)N1CCN(C(=O)Nc2ccccc2)CC1)C(=O)O.C[C@H]1C(c2ccccc2)[C@]1(NS(=O)(=O)N1CCN(C(=O)OC(C)(C)C)CC1)C(=O)OC(C)(C)C.C[C@H]1C(c2ccccc2)[C@]1(NS(=O)(=O)N1CCNCC1)C(=O)O. The fraction of sp³-hybridized carbons (Fsp3) is 0.525. The maximum absolute atomic E-state index is 13.4. The predicted molar refractivity (Wildman–Crippen MR) is 333 cm³/mol. The molecule has 3 heterocycles. The second-order valence-electron chi connectivity index (χ2n) is 25.3. The zero-order valence-corrected chi connectivity index (χ0v) is 54.1. The van der Waals surface area contributed by atoms with Gasteiger partial charge in [0, 0.05) is 102 Å². The topological polar surface area (TPSA) is 323 Å². The molecule has 4 aromatic carbocycles. The number of ether oxygens (including phenoxy) is 2. The van der Waals surface area contributed by atoms with Crippen LogP contribution >= 0.6 is 0 Å². The van der Waals surface area contributed by atoms with Gasteiger partial charge < -0.3 is 40.1 Å². The summed E-state index contributed by atoms with van der Waals surface area (Å²) in [7, 11) is -11.9. The highest BCUT2D eigenvalue weighted by atomic mass is 32.2. The molecular formula is C61H84N10O15S3. The number of carbonyl (C=O) groups is 5. The van der Waals surface area contributed by atoms with Crippen LogP contribution in [0.4, 0.5) is 15.3 Å². The van der Waals surface area contributed by atoms with Gasteiger partial charge in [-0.1, -0.05) is 130 Å². The van der Waals surface area contributed by atoms with Crippen LogP contribution in [0.3, 0.4) is 0 Å². The van der Waals surface area contributed by atoms with Gasteiger partial charge in [0.25, 0.3) is 30.6 Å². The molecule has 10 rings (SSSR count). The van der Waals surface area contributed by atoms with Crippen molar-refractivity contribution in [1.82, 2.24) is 42.2 Å². The molecule has 4 aromatic rings.